The van der Waals surface area contributed by atoms with Crippen molar-refractivity contribution in [1.82, 2.24) is 9.88 Å². The summed E-state index contributed by atoms with van der Waals surface area (Å²) >= 11 is 0. The maximum absolute atomic E-state index is 13.1. The maximum atomic E-state index is 13.1. The van der Waals surface area contributed by atoms with E-state index in [4.69, 9.17) is 4.42 Å². The van der Waals surface area contributed by atoms with Gasteiger partial charge in [-0.05, 0) is 23.8 Å². The van der Waals surface area contributed by atoms with Crippen LogP contribution in [0.1, 0.15) is 15.9 Å². The molecule has 0 radical (unpaired) electrons. The third-order valence-electron chi connectivity index (χ3n) is 3.46. The number of hydrogen-bond acceptors (Lipinski definition) is 3. The van der Waals surface area contributed by atoms with Crippen LogP contribution in [0.2, 0.25) is 0 Å². The molecular formula is C16H12F2N2O3. The average Bonchev–Trinajstić information content (AvgIpc) is 3.02. The molecule has 1 N–H and O–H groups in total. The molecule has 0 saturated carbocycles. The van der Waals surface area contributed by atoms with E-state index in [0.29, 0.717) is 16.7 Å². The first-order chi connectivity index (χ1) is 11.0. The highest BCUT2D eigenvalue weighted by atomic mass is 19.2. The van der Waals surface area contributed by atoms with Gasteiger partial charge >= 0.3 is 0 Å². The van der Waals surface area contributed by atoms with E-state index < -0.39 is 23.0 Å². The molecule has 0 aliphatic heterocycles. The van der Waals surface area contributed by atoms with Crippen molar-refractivity contribution in [3.63, 3.8) is 0 Å². The van der Waals surface area contributed by atoms with E-state index in [1.807, 2.05) is 0 Å². The third-order valence-corrected chi connectivity index (χ3v) is 3.46. The van der Waals surface area contributed by atoms with E-state index in [9.17, 15) is 18.4 Å². The van der Waals surface area contributed by atoms with E-state index in [1.54, 1.807) is 7.05 Å². The molecule has 0 saturated heterocycles. The summed E-state index contributed by atoms with van der Waals surface area (Å²) in [6.45, 7) is -0.0252. The Morgan fingerprint density at radius 1 is 1.26 bits per heavy atom. The Hall–Kier alpha value is -2.96. The van der Waals surface area contributed by atoms with Crippen LogP contribution in [0.25, 0.3) is 11.1 Å². The average molecular weight is 318 g/mol. The van der Waals surface area contributed by atoms with Crippen molar-refractivity contribution in [1.29, 1.82) is 0 Å². The number of amides is 1. The Kier molecular flexibility index (Phi) is 3.69. The van der Waals surface area contributed by atoms with Gasteiger partial charge in [-0.15, -0.1) is 0 Å². The molecule has 1 aromatic carbocycles. The summed E-state index contributed by atoms with van der Waals surface area (Å²) in [5.74, 6) is -2.55. The summed E-state index contributed by atoms with van der Waals surface area (Å²) < 4.78 is 32.7. The van der Waals surface area contributed by atoms with Crippen LogP contribution in [0.5, 0.6) is 0 Å². The molecule has 5 nitrogen and oxygen atoms in total. The second kappa shape index (κ2) is 5.68. The van der Waals surface area contributed by atoms with Crippen molar-refractivity contribution in [3.8, 4) is 0 Å². The summed E-state index contributed by atoms with van der Waals surface area (Å²) in [4.78, 5) is 24.4. The first kappa shape index (κ1) is 15.0. The first-order valence-electron chi connectivity index (χ1n) is 6.76. The second-order valence-corrected chi connectivity index (χ2v) is 5.05. The van der Waals surface area contributed by atoms with Crippen LogP contribution in [0.3, 0.4) is 0 Å². The topological polar surface area (TPSA) is 64.2 Å². The highest BCUT2D eigenvalue weighted by Gasteiger charge is 2.16. The summed E-state index contributed by atoms with van der Waals surface area (Å²) in [5, 5.41) is 2.81. The lowest BCUT2D eigenvalue weighted by Gasteiger charge is -2.07. The van der Waals surface area contributed by atoms with Crippen LogP contribution < -0.4 is 10.7 Å². The largest absolute Gasteiger partial charge is 0.448 e. The van der Waals surface area contributed by atoms with Crippen molar-refractivity contribution >= 4 is 17.0 Å². The van der Waals surface area contributed by atoms with Gasteiger partial charge in [0.15, 0.2) is 11.6 Å². The number of aryl methyl sites for hydroxylation is 1. The van der Waals surface area contributed by atoms with E-state index >= 15 is 0 Å². The number of fused-ring (bicyclic) bond motifs is 1. The van der Waals surface area contributed by atoms with E-state index in [-0.39, 0.29) is 12.1 Å². The predicted octanol–water partition coefficient (Wildman–Crippen LogP) is 2.34. The number of nitrogens with zero attached hydrogens (tertiary/aromatic N) is 1. The number of rotatable bonds is 3. The van der Waals surface area contributed by atoms with E-state index in [2.05, 4.69) is 5.32 Å². The smallest absolute Gasteiger partial charge is 0.257 e. The van der Waals surface area contributed by atoms with Gasteiger partial charge in [0, 0.05) is 19.8 Å². The van der Waals surface area contributed by atoms with Gasteiger partial charge in [0.2, 0.25) is 11.1 Å². The van der Waals surface area contributed by atoms with Crippen LogP contribution in [-0.2, 0) is 13.6 Å². The Labute approximate surface area is 129 Å². The van der Waals surface area contributed by atoms with Crippen molar-refractivity contribution in [2.24, 2.45) is 7.05 Å². The molecule has 0 bridgehead atoms. The second-order valence-electron chi connectivity index (χ2n) is 5.05. The van der Waals surface area contributed by atoms with Gasteiger partial charge in [-0.2, -0.15) is 0 Å². The van der Waals surface area contributed by atoms with Crippen LogP contribution >= 0.6 is 0 Å². The molecule has 0 fully saturated rings. The van der Waals surface area contributed by atoms with Gasteiger partial charge in [-0.1, -0.05) is 6.07 Å². The molecule has 2 aromatic heterocycles. The molecule has 118 valence electrons. The monoisotopic (exact) mass is 318 g/mol. The molecule has 3 aromatic rings. The number of pyridine rings is 1. The molecule has 0 spiro atoms. The Morgan fingerprint density at radius 2 is 2.04 bits per heavy atom. The normalized spacial score (nSPS) is 10.9. The first-order valence-corrected chi connectivity index (χ1v) is 6.76. The van der Waals surface area contributed by atoms with E-state index in [1.165, 1.54) is 29.2 Å². The van der Waals surface area contributed by atoms with Crippen LogP contribution in [0.4, 0.5) is 8.78 Å². The Bertz CT molecular complexity index is 960. The molecule has 0 atom stereocenters. The quantitative estimate of drug-likeness (QED) is 0.806. The fourth-order valence-corrected chi connectivity index (χ4v) is 2.29. The third kappa shape index (κ3) is 2.73. The maximum Gasteiger partial charge on any atom is 0.257 e. The number of carbonyl (C=O) groups is 1. The molecule has 1 amide bonds. The number of aromatic nitrogens is 1. The minimum atomic E-state index is -0.993. The summed E-state index contributed by atoms with van der Waals surface area (Å²) in [6.07, 6.45) is 2.74. The molecule has 23 heavy (non-hydrogen) atoms. The van der Waals surface area contributed by atoms with Crippen LogP contribution in [0, 0.1) is 11.6 Å². The zero-order chi connectivity index (χ0) is 16.6. The summed E-state index contributed by atoms with van der Waals surface area (Å²) in [7, 11) is 1.65. The van der Waals surface area contributed by atoms with E-state index in [0.717, 1.165) is 12.1 Å². The van der Waals surface area contributed by atoms with Gasteiger partial charge < -0.3 is 14.3 Å². The lowest BCUT2D eigenvalue weighted by Crippen LogP contribution is -2.29. The molecule has 0 unspecified atom stereocenters. The summed E-state index contributed by atoms with van der Waals surface area (Å²) in [6, 6.07) is 4.82. The van der Waals surface area contributed by atoms with Gasteiger partial charge in [0.1, 0.15) is 5.56 Å². The molecule has 0 aliphatic rings. The highest BCUT2D eigenvalue weighted by Crippen LogP contribution is 2.12. The summed E-state index contributed by atoms with van der Waals surface area (Å²) in [5.41, 5.74) is 0.254. The fourth-order valence-electron chi connectivity index (χ4n) is 2.29. The number of hydrogen-bond donors (Lipinski definition) is 1. The SMILES string of the molecule is Cn1cc(C(=O)NCc2ccc(F)c(F)c2)c(=O)c2ccoc21. The van der Waals surface area contributed by atoms with Gasteiger partial charge in [-0.25, -0.2) is 8.78 Å². The van der Waals surface area contributed by atoms with Crippen LogP contribution in [-0.4, -0.2) is 10.5 Å². The number of furan rings is 1. The number of halogens is 2. The highest BCUT2D eigenvalue weighted by molar-refractivity contribution is 5.96. The predicted molar refractivity (Wildman–Crippen MR) is 79.0 cm³/mol. The molecular weight excluding hydrogens is 306 g/mol. The molecule has 7 heteroatoms. The standard InChI is InChI=1S/C16H12F2N2O3/c1-20-8-11(14(21)10-4-5-23-16(10)20)15(22)19-7-9-2-3-12(17)13(18)6-9/h2-6,8H,7H2,1H3,(H,19,22). The molecule has 0 aliphatic carbocycles. The van der Waals surface area contributed by atoms with Crippen LogP contribution in [0.15, 0.2) is 45.9 Å². The van der Waals surface area contributed by atoms with Crippen molar-refractivity contribution in [3.05, 3.63) is 69.7 Å². The minimum absolute atomic E-state index is 0.0252. The Morgan fingerprint density at radius 3 is 2.78 bits per heavy atom. The number of nitrogens with one attached hydrogen (secondary N) is 1. The molecule has 2 heterocycles. The van der Waals surface area contributed by atoms with Crippen molar-refractivity contribution in [2.75, 3.05) is 0 Å². The lowest BCUT2D eigenvalue weighted by atomic mass is 10.2. The van der Waals surface area contributed by atoms with Crippen molar-refractivity contribution < 1.29 is 18.0 Å². The van der Waals surface area contributed by atoms with Gasteiger partial charge in [0.05, 0.1) is 11.6 Å². The fraction of sp³-hybridized carbons (Fsp3) is 0.125. The number of carbonyl (C=O) groups excluding carboxylic acids is 1. The Balaban J connectivity index is 1.84. The zero-order valence-corrected chi connectivity index (χ0v) is 12.1. The lowest BCUT2D eigenvalue weighted by molar-refractivity contribution is 0.0949. The zero-order valence-electron chi connectivity index (χ0n) is 12.1. The number of benzene rings is 1. The van der Waals surface area contributed by atoms with Crippen molar-refractivity contribution in [2.45, 2.75) is 6.54 Å². The van der Waals surface area contributed by atoms with Gasteiger partial charge in [0.25, 0.3) is 5.91 Å². The molecule has 3 rings (SSSR count). The minimum Gasteiger partial charge on any atom is -0.448 e. The van der Waals surface area contributed by atoms with Gasteiger partial charge in [-0.3, -0.25) is 9.59 Å².